The van der Waals surface area contributed by atoms with Gasteiger partial charge in [-0.15, -0.1) is 0 Å². The van der Waals surface area contributed by atoms with Crippen molar-refractivity contribution in [1.82, 2.24) is 9.80 Å². The lowest BCUT2D eigenvalue weighted by atomic mass is 10.0. The number of nitrogens with zero attached hydrogens (tertiary/aromatic N) is 2. The summed E-state index contributed by atoms with van der Waals surface area (Å²) >= 11 is 0. The summed E-state index contributed by atoms with van der Waals surface area (Å²) in [4.78, 5) is 4.94. The van der Waals surface area contributed by atoms with Gasteiger partial charge in [-0.2, -0.15) is 0 Å². The smallest absolute Gasteiger partial charge is 0.124 e. The van der Waals surface area contributed by atoms with E-state index >= 15 is 0 Å². The molecule has 0 amide bonds. The SMILES string of the molecule is CCOc1ccc(CN2CCN(Cc3ccc(C)cc3)[C@@H](CCO)C2)cc1CO. The van der Waals surface area contributed by atoms with Gasteiger partial charge in [0, 0.05) is 50.9 Å². The fourth-order valence-corrected chi connectivity index (χ4v) is 4.07. The van der Waals surface area contributed by atoms with Crippen LogP contribution in [-0.2, 0) is 19.7 Å². The molecule has 0 radical (unpaired) electrons. The van der Waals surface area contributed by atoms with E-state index in [1.165, 1.54) is 16.7 Å². The second kappa shape index (κ2) is 10.7. The normalized spacial score (nSPS) is 18.1. The first kappa shape index (κ1) is 21.8. The molecule has 0 unspecified atom stereocenters. The fraction of sp³-hybridized carbons (Fsp3) is 0.500. The molecule has 0 aliphatic carbocycles. The summed E-state index contributed by atoms with van der Waals surface area (Å²) in [5.41, 5.74) is 4.63. The maximum absolute atomic E-state index is 9.65. The Labute approximate surface area is 174 Å². The van der Waals surface area contributed by atoms with Crippen molar-refractivity contribution in [3.8, 4) is 5.75 Å². The number of piperazine rings is 1. The van der Waals surface area contributed by atoms with Crippen molar-refractivity contribution in [2.75, 3.05) is 32.8 Å². The highest BCUT2D eigenvalue weighted by Crippen LogP contribution is 2.23. The lowest BCUT2D eigenvalue weighted by molar-refractivity contribution is 0.0499. The van der Waals surface area contributed by atoms with Crippen LogP contribution in [0.15, 0.2) is 42.5 Å². The lowest BCUT2D eigenvalue weighted by Crippen LogP contribution is -2.52. The van der Waals surface area contributed by atoms with Gasteiger partial charge in [-0.3, -0.25) is 9.80 Å². The van der Waals surface area contributed by atoms with Crippen LogP contribution >= 0.6 is 0 Å². The fourth-order valence-electron chi connectivity index (χ4n) is 4.07. The molecule has 158 valence electrons. The van der Waals surface area contributed by atoms with E-state index in [1.54, 1.807) is 0 Å². The third-order valence-corrected chi connectivity index (χ3v) is 5.66. The van der Waals surface area contributed by atoms with Crippen LogP contribution in [0.2, 0.25) is 0 Å². The Bertz CT molecular complexity index is 763. The first-order valence-electron chi connectivity index (χ1n) is 10.6. The number of aryl methyl sites for hydroxylation is 1. The van der Waals surface area contributed by atoms with Gasteiger partial charge in [0.1, 0.15) is 5.75 Å². The Kier molecular flexibility index (Phi) is 8.07. The average molecular weight is 399 g/mol. The molecule has 29 heavy (non-hydrogen) atoms. The van der Waals surface area contributed by atoms with Crippen molar-refractivity contribution in [2.45, 2.75) is 46.0 Å². The number of rotatable bonds is 9. The van der Waals surface area contributed by atoms with E-state index in [0.717, 1.165) is 50.5 Å². The molecule has 2 aromatic carbocycles. The number of aliphatic hydroxyl groups is 2. The number of hydrogen-bond donors (Lipinski definition) is 2. The zero-order valence-electron chi connectivity index (χ0n) is 17.7. The van der Waals surface area contributed by atoms with E-state index in [1.807, 2.05) is 19.1 Å². The number of hydrogen-bond acceptors (Lipinski definition) is 5. The predicted molar refractivity (Wildman–Crippen MR) is 116 cm³/mol. The number of ether oxygens (including phenoxy) is 1. The molecule has 1 atom stereocenters. The molecule has 1 fully saturated rings. The van der Waals surface area contributed by atoms with Crippen LogP contribution in [0.5, 0.6) is 5.75 Å². The maximum atomic E-state index is 9.65. The summed E-state index contributed by atoms with van der Waals surface area (Å²) in [6.45, 7) is 9.55. The summed E-state index contributed by atoms with van der Waals surface area (Å²) in [5.74, 6) is 0.764. The van der Waals surface area contributed by atoms with E-state index in [4.69, 9.17) is 4.74 Å². The minimum Gasteiger partial charge on any atom is -0.494 e. The second-order valence-corrected chi connectivity index (χ2v) is 7.89. The quantitative estimate of drug-likeness (QED) is 0.680. The molecule has 5 heteroatoms. The molecule has 0 saturated carbocycles. The zero-order valence-corrected chi connectivity index (χ0v) is 17.7. The van der Waals surface area contributed by atoms with Crippen molar-refractivity contribution in [3.63, 3.8) is 0 Å². The van der Waals surface area contributed by atoms with Crippen LogP contribution in [0.1, 0.15) is 35.6 Å². The summed E-state index contributed by atoms with van der Waals surface area (Å²) in [6.07, 6.45) is 0.785. The lowest BCUT2D eigenvalue weighted by Gasteiger charge is -2.41. The zero-order chi connectivity index (χ0) is 20.6. The van der Waals surface area contributed by atoms with Gasteiger partial charge in [0.25, 0.3) is 0 Å². The Morgan fingerprint density at radius 3 is 2.45 bits per heavy atom. The van der Waals surface area contributed by atoms with Gasteiger partial charge in [-0.05, 0) is 43.5 Å². The minimum absolute atomic E-state index is 0.0133. The third-order valence-electron chi connectivity index (χ3n) is 5.66. The molecule has 2 N–H and O–H groups in total. The van der Waals surface area contributed by atoms with Gasteiger partial charge >= 0.3 is 0 Å². The van der Waals surface area contributed by atoms with Crippen molar-refractivity contribution in [1.29, 1.82) is 0 Å². The van der Waals surface area contributed by atoms with Gasteiger partial charge in [0.2, 0.25) is 0 Å². The predicted octanol–water partition coefficient (Wildman–Crippen LogP) is 2.95. The summed E-state index contributed by atoms with van der Waals surface area (Å²) in [7, 11) is 0. The molecule has 1 aliphatic heterocycles. The molecule has 2 aromatic rings. The van der Waals surface area contributed by atoms with Gasteiger partial charge in [0.05, 0.1) is 13.2 Å². The molecule has 1 saturated heterocycles. The van der Waals surface area contributed by atoms with Crippen molar-refractivity contribution in [2.24, 2.45) is 0 Å². The third kappa shape index (κ3) is 6.03. The Morgan fingerprint density at radius 2 is 1.76 bits per heavy atom. The summed E-state index contributed by atoms with van der Waals surface area (Å²) in [6, 6.07) is 15.2. The highest BCUT2D eigenvalue weighted by Gasteiger charge is 2.26. The Morgan fingerprint density at radius 1 is 1.00 bits per heavy atom. The maximum Gasteiger partial charge on any atom is 0.124 e. The molecule has 0 aromatic heterocycles. The Balaban J connectivity index is 1.63. The molecule has 0 spiro atoms. The minimum atomic E-state index is -0.0133. The van der Waals surface area contributed by atoms with Crippen molar-refractivity contribution < 1.29 is 14.9 Å². The van der Waals surface area contributed by atoms with Gasteiger partial charge in [-0.25, -0.2) is 0 Å². The van der Waals surface area contributed by atoms with Crippen LogP contribution in [0.3, 0.4) is 0 Å². The van der Waals surface area contributed by atoms with Crippen molar-refractivity contribution in [3.05, 3.63) is 64.7 Å². The molecular weight excluding hydrogens is 364 g/mol. The standard InChI is InChI=1S/C24H34N2O3/c1-3-29-24-9-8-21(14-22(24)18-28)15-25-11-12-26(23(17-25)10-13-27)16-20-6-4-19(2)5-7-20/h4-9,14,23,27-28H,3,10-13,15-18H2,1-2H3/t23-/m0/s1. The molecule has 5 nitrogen and oxygen atoms in total. The first-order valence-corrected chi connectivity index (χ1v) is 10.6. The van der Waals surface area contributed by atoms with E-state index in [2.05, 4.69) is 47.1 Å². The second-order valence-electron chi connectivity index (χ2n) is 7.89. The summed E-state index contributed by atoms with van der Waals surface area (Å²) < 4.78 is 5.59. The van der Waals surface area contributed by atoms with E-state index in [9.17, 15) is 10.2 Å². The largest absolute Gasteiger partial charge is 0.494 e. The van der Waals surface area contributed by atoms with Crippen molar-refractivity contribution >= 4 is 0 Å². The molecule has 3 rings (SSSR count). The molecular formula is C24H34N2O3. The van der Waals surface area contributed by atoms with Crippen LogP contribution in [0.4, 0.5) is 0 Å². The Hall–Kier alpha value is -1.92. The van der Waals surface area contributed by atoms with Crippen LogP contribution in [0, 0.1) is 6.92 Å². The van der Waals surface area contributed by atoms with E-state index in [-0.39, 0.29) is 13.2 Å². The summed E-state index contributed by atoms with van der Waals surface area (Å²) in [5, 5.41) is 19.2. The van der Waals surface area contributed by atoms with E-state index < -0.39 is 0 Å². The monoisotopic (exact) mass is 398 g/mol. The van der Waals surface area contributed by atoms with Gasteiger partial charge in [-0.1, -0.05) is 35.9 Å². The number of aliphatic hydroxyl groups excluding tert-OH is 2. The molecule has 0 bridgehead atoms. The highest BCUT2D eigenvalue weighted by molar-refractivity contribution is 5.37. The average Bonchev–Trinajstić information content (AvgIpc) is 2.73. The van der Waals surface area contributed by atoms with Crippen LogP contribution in [-0.4, -0.2) is 58.9 Å². The highest BCUT2D eigenvalue weighted by atomic mass is 16.5. The topological polar surface area (TPSA) is 56.2 Å². The van der Waals surface area contributed by atoms with Crippen LogP contribution in [0.25, 0.3) is 0 Å². The number of benzene rings is 2. The van der Waals surface area contributed by atoms with E-state index in [0.29, 0.717) is 12.6 Å². The van der Waals surface area contributed by atoms with Gasteiger partial charge in [0.15, 0.2) is 0 Å². The first-order chi connectivity index (χ1) is 14.1. The molecule has 1 aliphatic rings. The van der Waals surface area contributed by atoms with Gasteiger partial charge < -0.3 is 14.9 Å². The molecule has 1 heterocycles. The van der Waals surface area contributed by atoms with Crippen LogP contribution < -0.4 is 4.74 Å².